The van der Waals surface area contributed by atoms with Crippen molar-refractivity contribution in [3.05, 3.63) is 52.8 Å². The summed E-state index contributed by atoms with van der Waals surface area (Å²) in [5.74, 6) is 2.21. The SMILES string of the molecule is O=C(NC1CCCN(c2ccc3nnc(C4CC4)n3n2)C1)c1ccccc1Cl. The van der Waals surface area contributed by atoms with Crippen molar-refractivity contribution in [1.82, 2.24) is 25.1 Å². The fourth-order valence-electron chi connectivity index (χ4n) is 3.77. The first-order valence-corrected chi connectivity index (χ1v) is 10.1. The first-order chi connectivity index (χ1) is 13.7. The van der Waals surface area contributed by atoms with Crippen molar-refractivity contribution in [3.63, 3.8) is 0 Å². The van der Waals surface area contributed by atoms with Crippen molar-refractivity contribution in [2.24, 2.45) is 0 Å². The third-order valence-corrected chi connectivity index (χ3v) is 5.74. The molecule has 1 atom stereocenters. The Morgan fingerprint density at radius 3 is 2.79 bits per heavy atom. The van der Waals surface area contributed by atoms with Crippen molar-refractivity contribution in [2.45, 2.75) is 37.6 Å². The van der Waals surface area contributed by atoms with Crippen LogP contribution < -0.4 is 10.2 Å². The Balaban J connectivity index is 1.33. The van der Waals surface area contributed by atoms with Gasteiger partial charge in [0.25, 0.3) is 5.91 Å². The van der Waals surface area contributed by atoms with Crippen LogP contribution in [0.15, 0.2) is 36.4 Å². The second-order valence-electron chi connectivity index (χ2n) is 7.53. The first-order valence-electron chi connectivity index (χ1n) is 9.72. The quantitative estimate of drug-likeness (QED) is 0.733. The van der Waals surface area contributed by atoms with E-state index in [1.807, 2.05) is 28.8 Å². The molecule has 0 spiro atoms. The highest BCUT2D eigenvalue weighted by Gasteiger charge is 2.30. The fourth-order valence-corrected chi connectivity index (χ4v) is 3.99. The number of aromatic nitrogens is 4. The minimum absolute atomic E-state index is 0.0545. The molecular formula is C20H21ClN6O. The lowest BCUT2D eigenvalue weighted by molar-refractivity contribution is 0.0933. The van der Waals surface area contributed by atoms with E-state index in [1.165, 1.54) is 0 Å². The summed E-state index contributed by atoms with van der Waals surface area (Å²) < 4.78 is 1.87. The number of hydrogen-bond acceptors (Lipinski definition) is 5. The van der Waals surface area contributed by atoms with Crippen molar-refractivity contribution in [3.8, 4) is 0 Å². The summed E-state index contributed by atoms with van der Waals surface area (Å²) in [7, 11) is 0. The molecule has 5 rings (SSSR count). The fraction of sp³-hybridized carbons (Fsp3) is 0.400. The van der Waals surface area contributed by atoms with Crippen molar-refractivity contribution < 1.29 is 4.79 Å². The minimum Gasteiger partial charge on any atom is -0.353 e. The van der Waals surface area contributed by atoms with Crippen LogP contribution in [0, 0.1) is 0 Å². The van der Waals surface area contributed by atoms with Gasteiger partial charge in [0.1, 0.15) is 5.82 Å². The Morgan fingerprint density at radius 2 is 1.96 bits per heavy atom. The molecule has 1 unspecified atom stereocenters. The molecule has 2 aliphatic rings. The van der Waals surface area contributed by atoms with Crippen molar-refractivity contribution in [1.29, 1.82) is 0 Å². The second-order valence-corrected chi connectivity index (χ2v) is 7.94. The number of fused-ring (bicyclic) bond motifs is 1. The van der Waals surface area contributed by atoms with E-state index in [9.17, 15) is 4.79 Å². The molecule has 1 aliphatic carbocycles. The van der Waals surface area contributed by atoms with E-state index >= 15 is 0 Å². The highest BCUT2D eigenvalue weighted by molar-refractivity contribution is 6.33. The summed E-state index contributed by atoms with van der Waals surface area (Å²) in [6.45, 7) is 1.63. The molecule has 1 saturated carbocycles. The van der Waals surface area contributed by atoms with Crippen LogP contribution in [-0.2, 0) is 0 Å². The number of nitrogens with one attached hydrogen (secondary N) is 1. The van der Waals surface area contributed by atoms with Crippen LogP contribution in [0.3, 0.4) is 0 Å². The van der Waals surface area contributed by atoms with E-state index in [2.05, 4.69) is 20.4 Å². The van der Waals surface area contributed by atoms with Gasteiger partial charge in [-0.2, -0.15) is 4.52 Å². The van der Waals surface area contributed by atoms with Crippen LogP contribution >= 0.6 is 11.6 Å². The largest absolute Gasteiger partial charge is 0.353 e. The van der Waals surface area contributed by atoms with Gasteiger partial charge in [0.15, 0.2) is 11.5 Å². The van der Waals surface area contributed by atoms with Crippen molar-refractivity contribution >= 4 is 29.0 Å². The first kappa shape index (κ1) is 17.4. The number of piperidine rings is 1. The molecule has 1 N–H and O–H groups in total. The number of amides is 1. The van der Waals surface area contributed by atoms with Gasteiger partial charge in [-0.25, -0.2) is 0 Å². The van der Waals surface area contributed by atoms with E-state index in [-0.39, 0.29) is 11.9 Å². The smallest absolute Gasteiger partial charge is 0.253 e. The lowest BCUT2D eigenvalue weighted by Gasteiger charge is -2.33. The average Bonchev–Trinajstić information content (AvgIpc) is 3.47. The van der Waals surface area contributed by atoms with Gasteiger partial charge in [0.2, 0.25) is 0 Å². The predicted octanol–water partition coefficient (Wildman–Crippen LogP) is 3.05. The molecular weight excluding hydrogens is 376 g/mol. The van der Waals surface area contributed by atoms with E-state index < -0.39 is 0 Å². The average molecular weight is 397 g/mol. The molecule has 0 bridgehead atoms. The molecule has 1 aliphatic heterocycles. The predicted molar refractivity (Wildman–Crippen MR) is 107 cm³/mol. The molecule has 1 aromatic carbocycles. The maximum Gasteiger partial charge on any atom is 0.253 e. The van der Waals surface area contributed by atoms with Gasteiger partial charge in [-0.15, -0.1) is 15.3 Å². The number of anilines is 1. The molecule has 144 valence electrons. The number of benzene rings is 1. The highest BCUT2D eigenvalue weighted by Crippen LogP contribution is 2.38. The standard InChI is InChI=1S/C20H21ClN6O/c21-16-6-2-1-5-15(16)20(28)22-14-4-3-11-26(12-14)18-10-9-17-23-24-19(13-7-8-13)27(17)25-18/h1-2,5-6,9-10,13-14H,3-4,7-8,11-12H2,(H,22,28). The number of rotatable bonds is 4. The van der Waals surface area contributed by atoms with Gasteiger partial charge in [-0.3, -0.25) is 4.79 Å². The topological polar surface area (TPSA) is 75.4 Å². The monoisotopic (exact) mass is 396 g/mol. The van der Waals surface area contributed by atoms with Gasteiger partial charge in [0.05, 0.1) is 10.6 Å². The van der Waals surface area contributed by atoms with Gasteiger partial charge in [0, 0.05) is 25.0 Å². The molecule has 1 saturated heterocycles. The molecule has 2 aromatic heterocycles. The molecule has 0 radical (unpaired) electrons. The maximum absolute atomic E-state index is 12.6. The Hall–Kier alpha value is -2.67. The molecule has 28 heavy (non-hydrogen) atoms. The Labute approximate surface area is 167 Å². The zero-order valence-electron chi connectivity index (χ0n) is 15.4. The van der Waals surface area contributed by atoms with Gasteiger partial charge in [-0.1, -0.05) is 23.7 Å². The Kier molecular flexibility index (Phi) is 4.39. The number of carbonyl (C=O) groups excluding carboxylic acids is 1. The van der Waals surface area contributed by atoms with Gasteiger partial charge >= 0.3 is 0 Å². The normalized spacial score (nSPS) is 19.8. The second kappa shape index (κ2) is 7.05. The summed E-state index contributed by atoms with van der Waals surface area (Å²) in [5, 5.41) is 16.9. The number of halogens is 1. The summed E-state index contributed by atoms with van der Waals surface area (Å²) >= 11 is 6.16. The minimum atomic E-state index is -0.129. The maximum atomic E-state index is 12.6. The van der Waals surface area contributed by atoms with Crippen LogP contribution in [0.1, 0.15) is 47.8 Å². The molecule has 3 aromatic rings. The number of hydrogen-bond donors (Lipinski definition) is 1. The summed E-state index contributed by atoms with van der Waals surface area (Å²) in [4.78, 5) is 14.8. The zero-order valence-corrected chi connectivity index (χ0v) is 16.1. The molecule has 3 heterocycles. The zero-order chi connectivity index (χ0) is 19.1. The van der Waals surface area contributed by atoms with Crippen molar-refractivity contribution in [2.75, 3.05) is 18.0 Å². The van der Waals surface area contributed by atoms with Gasteiger partial charge < -0.3 is 10.2 Å². The highest BCUT2D eigenvalue weighted by atomic mass is 35.5. The summed E-state index contributed by atoms with van der Waals surface area (Å²) in [6, 6.07) is 11.1. The Morgan fingerprint density at radius 1 is 1.11 bits per heavy atom. The van der Waals surface area contributed by atoms with Gasteiger partial charge in [-0.05, 0) is 49.9 Å². The third-order valence-electron chi connectivity index (χ3n) is 5.41. The summed E-state index contributed by atoms with van der Waals surface area (Å²) in [5.41, 5.74) is 1.30. The molecule has 8 heteroatoms. The molecule has 7 nitrogen and oxygen atoms in total. The third kappa shape index (κ3) is 3.30. The summed E-state index contributed by atoms with van der Waals surface area (Å²) in [6.07, 6.45) is 4.25. The lowest BCUT2D eigenvalue weighted by Crippen LogP contribution is -2.48. The van der Waals surface area contributed by atoms with Crippen LogP contribution in [0.5, 0.6) is 0 Å². The van der Waals surface area contributed by atoms with E-state index in [0.717, 1.165) is 56.1 Å². The Bertz CT molecular complexity index is 1030. The molecule has 1 amide bonds. The van der Waals surface area contributed by atoms with E-state index in [4.69, 9.17) is 16.7 Å². The lowest BCUT2D eigenvalue weighted by atomic mass is 10.0. The number of nitrogens with zero attached hydrogens (tertiary/aromatic N) is 5. The van der Waals surface area contributed by atoms with Crippen LogP contribution in [0.25, 0.3) is 5.65 Å². The number of carbonyl (C=O) groups is 1. The van der Waals surface area contributed by atoms with Crippen LogP contribution in [0.4, 0.5) is 5.82 Å². The van der Waals surface area contributed by atoms with E-state index in [0.29, 0.717) is 16.5 Å². The van der Waals surface area contributed by atoms with Crippen LogP contribution in [-0.4, -0.2) is 44.8 Å². The molecule has 2 fully saturated rings. The van der Waals surface area contributed by atoms with E-state index in [1.54, 1.807) is 12.1 Å². The van der Waals surface area contributed by atoms with Crippen LogP contribution in [0.2, 0.25) is 5.02 Å².